The number of anilines is 1. The van der Waals surface area contributed by atoms with Gasteiger partial charge in [-0.2, -0.15) is 9.97 Å². The number of hydrogen-bond acceptors (Lipinski definition) is 5. The average Bonchev–Trinajstić information content (AvgIpc) is 2.35. The molecule has 1 aromatic heterocycles. The van der Waals surface area contributed by atoms with Gasteiger partial charge < -0.3 is 15.2 Å². The van der Waals surface area contributed by atoms with Gasteiger partial charge in [0.25, 0.3) is 0 Å². The van der Waals surface area contributed by atoms with Crippen LogP contribution in [0.4, 0.5) is 5.95 Å². The van der Waals surface area contributed by atoms with Gasteiger partial charge in [0.2, 0.25) is 17.7 Å². The minimum atomic E-state index is 0.0942. The number of benzene rings is 1. The van der Waals surface area contributed by atoms with Crippen molar-refractivity contribution >= 4 is 17.5 Å². The lowest BCUT2D eigenvalue weighted by Gasteiger charge is -2.10. The van der Waals surface area contributed by atoms with Gasteiger partial charge in [-0.05, 0) is 37.1 Å². The Hall–Kier alpha value is -2.01. The first-order chi connectivity index (χ1) is 8.99. The summed E-state index contributed by atoms with van der Waals surface area (Å²) in [6.45, 7) is 3.83. The van der Waals surface area contributed by atoms with Gasteiger partial charge in [-0.1, -0.05) is 11.6 Å². The summed E-state index contributed by atoms with van der Waals surface area (Å²) >= 11 is 6.10. The van der Waals surface area contributed by atoms with Gasteiger partial charge in [-0.25, -0.2) is 0 Å². The van der Waals surface area contributed by atoms with Crippen molar-refractivity contribution in [3.63, 3.8) is 0 Å². The summed E-state index contributed by atoms with van der Waals surface area (Å²) in [4.78, 5) is 7.88. The topological polar surface area (TPSA) is 70.3 Å². The number of hydrogen-bond donors (Lipinski definition) is 1. The van der Waals surface area contributed by atoms with Crippen LogP contribution in [0.5, 0.6) is 17.5 Å². The predicted octanol–water partition coefficient (Wildman–Crippen LogP) is 3.13. The fourth-order valence-electron chi connectivity index (χ4n) is 1.66. The summed E-state index contributed by atoms with van der Waals surface area (Å²) in [7, 11) is 1.50. The standard InChI is InChI=1S/C13H14ClN3O2/c1-7-4-9(5-8(2)12(7)14)19-11-6-10(18-3)16-13(15)17-11/h4-6H,1-3H3,(H2,15,16,17). The number of aryl methyl sites for hydroxylation is 2. The molecular weight excluding hydrogens is 266 g/mol. The maximum Gasteiger partial charge on any atom is 0.227 e. The number of nitrogen functional groups attached to an aromatic ring is 1. The summed E-state index contributed by atoms with van der Waals surface area (Å²) in [5, 5.41) is 0.729. The monoisotopic (exact) mass is 279 g/mol. The number of nitrogens with two attached hydrogens (primary N) is 1. The van der Waals surface area contributed by atoms with E-state index in [0.717, 1.165) is 16.1 Å². The lowest BCUT2D eigenvalue weighted by molar-refractivity contribution is 0.389. The molecule has 0 radical (unpaired) electrons. The maximum atomic E-state index is 6.10. The molecule has 1 aromatic carbocycles. The Balaban J connectivity index is 2.33. The van der Waals surface area contributed by atoms with Gasteiger partial charge in [-0.3, -0.25) is 0 Å². The number of halogens is 1. The summed E-state index contributed by atoms with van der Waals surface area (Å²) in [6.07, 6.45) is 0. The highest BCUT2D eigenvalue weighted by molar-refractivity contribution is 6.32. The normalized spacial score (nSPS) is 10.3. The van der Waals surface area contributed by atoms with Crippen LogP contribution in [-0.4, -0.2) is 17.1 Å². The molecule has 5 nitrogen and oxygen atoms in total. The number of aromatic nitrogens is 2. The molecule has 2 N–H and O–H groups in total. The molecule has 0 saturated heterocycles. The van der Waals surface area contributed by atoms with E-state index < -0.39 is 0 Å². The van der Waals surface area contributed by atoms with Gasteiger partial charge >= 0.3 is 0 Å². The van der Waals surface area contributed by atoms with Crippen LogP contribution in [0.2, 0.25) is 5.02 Å². The van der Waals surface area contributed by atoms with E-state index in [2.05, 4.69) is 9.97 Å². The minimum Gasteiger partial charge on any atom is -0.481 e. The van der Waals surface area contributed by atoms with E-state index in [4.69, 9.17) is 26.8 Å². The molecule has 0 amide bonds. The Morgan fingerprint density at radius 1 is 1.05 bits per heavy atom. The first-order valence-electron chi connectivity index (χ1n) is 5.62. The van der Waals surface area contributed by atoms with Crippen LogP contribution >= 0.6 is 11.6 Å². The quantitative estimate of drug-likeness (QED) is 0.935. The summed E-state index contributed by atoms with van der Waals surface area (Å²) in [5.41, 5.74) is 7.44. The van der Waals surface area contributed by atoms with Crippen LogP contribution in [0.25, 0.3) is 0 Å². The molecule has 0 saturated carbocycles. The first-order valence-corrected chi connectivity index (χ1v) is 6.00. The molecule has 2 rings (SSSR count). The molecule has 0 spiro atoms. The van der Waals surface area contributed by atoms with Crippen molar-refractivity contribution in [3.05, 3.63) is 34.3 Å². The highest BCUT2D eigenvalue weighted by atomic mass is 35.5. The summed E-state index contributed by atoms with van der Waals surface area (Å²) in [6, 6.07) is 5.23. The number of rotatable bonds is 3. The van der Waals surface area contributed by atoms with Gasteiger partial charge in [0.15, 0.2) is 0 Å². The van der Waals surface area contributed by atoms with Crippen LogP contribution in [0.3, 0.4) is 0 Å². The van der Waals surface area contributed by atoms with Crippen LogP contribution < -0.4 is 15.2 Å². The molecule has 0 unspecified atom stereocenters. The smallest absolute Gasteiger partial charge is 0.227 e. The van der Waals surface area contributed by atoms with E-state index in [1.807, 2.05) is 26.0 Å². The molecule has 19 heavy (non-hydrogen) atoms. The van der Waals surface area contributed by atoms with Gasteiger partial charge in [0.05, 0.1) is 13.2 Å². The molecule has 1 heterocycles. The van der Waals surface area contributed by atoms with Crippen LogP contribution in [0.1, 0.15) is 11.1 Å². The Bertz CT molecular complexity index is 594. The first kappa shape index (κ1) is 13.4. The van der Waals surface area contributed by atoms with E-state index in [1.54, 1.807) is 6.07 Å². The SMILES string of the molecule is COc1cc(Oc2cc(C)c(Cl)c(C)c2)nc(N)n1. The van der Waals surface area contributed by atoms with E-state index in [1.165, 1.54) is 7.11 Å². The van der Waals surface area contributed by atoms with Gasteiger partial charge in [-0.15, -0.1) is 0 Å². The Morgan fingerprint density at radius 3 is 2.21 bits per heavy atom. The van der Waals surface area contributed by atoms with E-state index in [0.29, 0.717) is 17.5 Å². The molecule has 0 aliphatic carbocycles. The molecular formula is C13H14ClN3O2. The summed E-state index contributed by atoms with van der Waals surface area (Å²) < 4.78 is 10.7. The van der Waals surface area contributed by atoms with E-state index in [9.17, 15) is 0 Å². The van der Waals surface area contributed by atoms with E-state index >= 15 is 0 Å². The van der Waals surface area contributed by atoms with Crippen molar-refractivity contribution in [3.8, 4) is 17.5 Å². The Kier molecular flexibility index (Phi) is 3.76. The third-order valence-corrected chi connectivity index (χ3v) is 3.13. The second-order valence-corrected chi connectivity index (χ2v) is 4.46. The third kappa shape index (κ3) is 3.06. The van der Waals surface area contributed by atoms with Crippen molar-refractivity contribution in [2.24, 2.45) is 0 Å². The largest absolute Gasteiger partial charge is 0.481 e. The molecule has 0 aliphatic heterocycles. The number of methoxy groups -OCH3 is 1. The van der Waals surface area contributed by atoms with Crippen molar-refractivity contribution in [2.45, 2.75) is 13.8 Å². The second kappa shape index (κ2) is 5.32. The van der Waals surface area contributed by atoms with Crippen LogP contribution in [0.15, 0.2) is 18.2 Å². The molecule has 0 aliphatic rings. The minimum absolute atomic E-state index is 0.0942. The predicted molar refractivity (Wildman–Crippen MR) is 74.0 cm³/mol. The average molecular weight is 280 g/mol. The third-order valence-electron chi connectivity index (χ3n) is 2.54. The van der Waals surface area contributed by atoms with Crippen molar-refractivity contribution in [1.29, 1.82) is 0 Å². The molecule has 6 heteroatoms. The Labute approximate surface area is 116 Å². The van der Waals surface area contributed by atoms with Crippen molar-refractivity contribution in [1.82, 2.24) is 9.97 Å². The number of ether oxygens (including phenoxy) is 2. The molecule has 0 fully saturated rings. The zero-order valence-corrected chi connectivity index (χ0v) is 11.7. The lowest BCUT2D eigenvalue weighted by atomic mass is 10.1. The Morgan fingerprint density at radius 2 is 1.63 bits per heavy atom. The molecule has 100 valence electrons. The fourth-order valence-corrected chi connectivity index (χ4v) is 1.77. The molecule has 0 atom stereocenters. The van der Waals surface area contributed by atoms with Gasteiger partial charge in [0, 0.05) is 5.02 Å². The molecule has 2 aromatic rings. The van der Waals surface area contributed by atoms with Crippen LogP contribution in [-0.2, 0) is 0 Å². The highest BCUT2D eigenvalue weighted by Crippen LogP contribution is 2.29. The maximum absolute atomic E-state index is 6.10. The lowest BCUT2D eigenvalue weighted by Crippen LogP contribution is -1.99. The van der Waals surface area contributed by atoms with Gasteiger partial charge in [0.1, 0.15) is 5.75 Å². The highest BCUT2D eigenvalue weighted by Gasteiger charge is 2.08. The molecule has 0 bridgehead atoms. The number of nitrogens with zero attached hydrogens (tertiary/aromatic N) is 2. The zero-order valence-electron chi connectivity index (χ0n) is 10.9. The van der Waals surface area contributed by atoms with Crippen molar-refractivity contribution in [2.75, 3.05) is 12.8 Å². The zero-order chi connectivity index (χ0) is 14.0. The van der Waals surface area contributed by atoms with Crippen LogP contribution in [0, 0.1) is 13.8 Å². The second-order valence-electron chi connectivity index (χ2n) is 4.08. The van der Waals surface area contributed by atoms with Crippen molar-refractivity contribution < 1.29 is 9.47 Å². The summed E-state index contributed by atoms with van der Waals surface area (Å²) in [5.74, 6) is 1.41. The fraction of sp³-hybridized carbons (Fsp3) is 0.231. The van der Waals surface area contributed by atoms with E-state index in [-0.39, 0.29) is 5.95 Å².